The van der Waals surface area contributed by atoms with E-state index in [4.69, 9.17) is 0 Å². The predicted octanol–water partition coefficient (Wildman–Crippen LogP) is 3.83. The van der Waals surface area contributed by atoms with E-state index in [1.807, 2.05) is 0 Å². The fraction of sp³-hybridized carbons (Fsp3) is 0.467. The minimum absolute atomic E-state index is 0.470. The maximum atomic E-state index is 4.27. The molecule has 19 heavy (non-hydrogen) atoms. The van der Waals surface area contributed by atoms with Gasteiger partial charge in [-0.1, -0.05) is 63.3 Å². The lowest BCUT2D eigenvalue weighted by Crippen LogP contribution is -2.21. The quantitative estimate of drug-likeness (QED) is 0.901. The van der Waals surface area contributed by atoms with Crippen LogP contribution in [0.15, 0.2) is 24.3 Å². The van der Waals surface area contributed by atoms with Crippen LogP contribution in [0.1, 0.15) is 44.2 Å². The summed E-state index contributed by atoms with van der Waals surface area (Å²) in [5, 5.41) is 13.9. The van der Waals surface area contributed by atoms with Gasteiger partial charge in [-0.05, 0) is 11.5 Å². The summed E-state index contributed by atoms with van der Waals surface area (Å²) in [5.41, 5.74) is 2.51. The second kappa shape index (κ2) is 6.26. The van der Waals surface area contributed by atoms with Crippen molar-refractivity contribution in [3.63, 3.8) is 0 Å². The Morgan fingerprint density at radius 3 is 2.32 bits per heavy atom. The van der Waals surface area contributed by atoms with Crippen molar-refractivity contribution in [3.8, 4) is 10.6 Å². The Balaban J connectivity index is 2.09. The highest BCUT2D eigenvalue weighted by atomic mass is 32.1. The molecule has 4 heteroatoms. The lowest BCUT2D eigenvalue weighted by Gasteiger charge is -2.05. The molecule has 0 saturated carbocycles. The fourth-order valence-electron chi connectivity index (χ4n) is 1.74. The molecule has 0 radical (unpaired) electrons. The number of nitrogens with zero attached hydrogens (tertiary/aromatic N) is 2. The molecule has 0 amide bonds. The lowest BCUT2D eigenvalue weighted by molar-refractivity contribution is 0.585. The Morgan fingerprint density at radius 1 is 1.05 bits per heavy atom. The predicted molar refractivity (Wildman–Crippen MR) is 81.4 cm³/mol. The van der Waals surface area contributed by atoms with Gasteiger partial charge in [0.1, 0.15) is 10.0 Å². The molecule has 0 bridgehead atoms. The van der Waals surface area contributed by atoms with Crippen LogP contribution in [-0.4, -0.2) is 16.2 Å². The van der Waals surface area contributed by atoms with E-state index >= 15 is 0 Å². The van der Waals surface area contributed by atoms with Gasteiger partial charge in [-0.15, -0.1) is 10.2 Å². The van der Waals surface area contributed by atoms with Crippen LogP contribution in [0.2, 0.25) is 0 Å². The smallest absolute Gasteiger partial charge is 0.147 e. The summed E-state index contributed by atoms with van der Waals surface area (Å²) in [5.74, 6) is 0.564. The third-order valence-corrected chi connectivity index (χ3v) is 3.92. The van der Waals surface area contributed by atoms with Crippen LogP contribution >= 0.6 is 11.3 Å². The van der Waals surface area contributed by atoms with Gasteiger partial charge in [0.05, 0.1) is 0 Å². The van der Waals surface area contributed by atoms with Crippen molar-refractivity contribution in [1.82, 2.24) is 15.5 Å². The van der Waals surface area contributed by atoms with Crippen LogP contribution in [0.3, 0.4) is 0 Å². The first-order valence-electron chi connectivity index (χ1n) is 6.72. The van der Waals surface area contributed by atoms with Crippen molar-refractivity contribution < 1.29 is 0 Å². The minimum atomic E-state index is 0.470. The lowest BCUT2D eigenvalue weighted by atomic mass is 10.0. The number of hydrogen-bond acceptors (Lipinski definition) is 4. The third-order valence-electron chi connectivity index (χ3n) is 2.95. The van der Waals surface area contributed by atoms with Crippen LogP contribution in [0, 0.1) is 0 Å². The van der Waals surface area contributed by atoms with Crippen LogP contribution in [0.5, 0.6) is 0 Å². The maximum Gasteiger partial charge on any atom is 0.147 e. The van der Waals surface area contributed by atoms with Gasteiger partial charge in [-0.3, -0.25) is 0 Å². The molecule has 0 fully saturated rings. The van der Waals surface area contributed by atoms with Gasteiger partial charge < -0.3 is 5.32 Å². The van der Waals surface area contributed by atoms with E-state index in [1.165, 1.54) is 5.56 Å². The van der Waals surface area contributed by atoms with Crippen molar-refractivity contribution in [3.05, 3.63) is 34.8 Å². The number of aromatic nitrogens is 2. The Bertz CT molecular complexity index is 514. The molecule has 0 saturated heterocycles. The van der Waals surface area contributed by atoms with Gasteiger partial charge in [-0.2, -0.15) is 0 Å². The van der Waals surface area contributed by atoms with Gasteiger partial charge in [0.15, 0.2) is 0 Å². The van der Waals surface area contributed by atoms with E-state index in [0.29, 0.717) is 12.0 Å². The Kier molecular flexibility index (Phi) is 4.66. The van der Waals surface area contributed by atoms with Crippen LogP contribution in [0.25, 0.3) is 10.6 Å². The summed E-state index contributed by atoms with van der Waals surface area (Å²) < 4.78 is 0. The fourth-order valence-corrected chi connectivity index (χ4v) is 2.54. The molecule has 0 aliphatic rings. The van der Waals surface area contributed by atoms with E-state index in [0.717, 1.165) is 22.1 Å². The molecule has 1 aromatic heterocycles. The Hall–Kier alpha value is -1.26. The summed E-state index contributed by atoms with van der Waals surface area (Å²) in [4.78, 5) is 0. The van der Waals surface area contributed by atoms with Gasteiger partial charge in [0, 0.05) is 18.2 Å². The molecular weight excluding hydrogens is 254 g/mol. The van der Waals surface area contributed by atoms with E-state index in [-0.39, 0.29) is 0 Å². The number of rotatable bonds is 5. The largest absolute Gasteiger partial charge is 0.308 e. The maximum absolute atomic E-state index is 4.27. The minimum Gasteiger partial charge on any atom is -0.308 e. The highest BCUT2D eigenvalue weighted by molar-refractivity contribution is 7.14. The highest BCUT2D eigenvalue weighted by Gasteiger charge is 2.07. The zero-order valence-electron chi connectivity index (χ0n) is 12.0. The van der Waals surface area contributed by atoms with Crippen molar-refractivity contribution in [2.75, 3.05) is 0 Å². The molecule has 2 aromatic rings. The van der Waals surface area contributed by atoms with Crippen LogP contribution < -0.4 is 5.32 Å². The van der Waals surface area contributed by atoms with Gasteiger partial charge in [-0.25, -0.2) is 0 Å². The topological polar surface area (TPSA) is 37.8 Å². The Morgan fingerprint density at radius 2 is 1.74 bits per heavy atom. The molecule has 1 heterocycles. The molecule has 102 valence electrons. The van der Waals surface area contributed by atoms with Crippen LogP contribution in [0.4, 0.5) is 0 Å². The van der Waals surface area contributed by atoms with Crippen molar-refractivity contribution in [2.24, 2.45) is 0 Å². The molecular formula is C15H21N3S. The second-order valence-corrected chi connectivity index (χ2v) is 6.38. The highest BCUT2D eigenvalue weighted by Crippen LogP contribution is 2.25. The van der Waals surface area contributed by atoms with Crippen molar-refractivity contribution in [2.45, 2.75) is 46.2 Å². The molecule has 0 spiro atoms. The zero-order valence-corrected chi connectivity index (χ0v) is 12.8. The summed E-state index contributed by atoms with van der Waals surface area (Å²) in [7, 11) is 0. The number of nitrogens with one attached hydrogen (secondary N) is 1. The van der Waals surface area contributed by atoms with Gasteiger partial charge in [0.25, 0.3) is 0 Å². The monoisotopic (exact) mass is 275 g/mol. The molecule has 2 rings (SSSR count). The van der Waals surface area contributed by atoms with Gasteiger partial charge in [0.2, 0.25) is 0 Å². The average Bonchev–Trinajstić information content (AvgIpc) is 2.85. The molecule has 0 aliphatic heterocycles. The van der Waals surface area contributed by atoms with E-state index in [1.54, 1.807) is 11.3 Å². The van der Waals surface area contributed by atoms with E-state index in [9.17, 15) is 0 Å². The molecule has 1 aromatic carbocycles. The summed E-state index contributed by atoms with van der Waals surface area (Å²) >= 11 is 1.66. The van der Waals surface area contributed by atoms with E-state index < -0.39 is 0 Å². The third kappa shape index (κ3) is 3.85. The molecule has 0 atom stereocenters. The molecule has 1 N–H and O–H groups in total. The standard InChI is InChI=1S/C15H21N3S/c1-10(2)12-5-7-13(8-6-12)15-18-17-14(19-15)9-16-11(3)4/h5-8,10-11,16H,9H2,1-4H3. The van der Waals surface area contributed by atoms with Gasteiger partial charge >= 0.3 is 0 Å². The Labute approximate surface area is 119 Å². The summed E-state index contributed by atoms with van der Waals surface area (Å²) in [6.07, 6.45) is 0. The number of benzene rings is 1. The average molecular weight is 275 g/mol. The molecule has 3 nitrogen and oxygen atoms in total. The summed E-state index contributed by atoms with van der Waals surface area (Å²) in [6.45, 7) is 9.46. The van der Waals surface area contributed by atoms with Crippen molar-refractivity contribution >= 4 is 11.3 Å². The van der Waals surface area contributed by atoms with Crippen molar-refractivity contribution in [1.29, 1.82) is 0 Å². The molecule has 0 aliphatic carbocycles. The zero-order chi connectivity index (χ0) is 13.8. The second-order valence-electron chi connectivity index (χ2n) is 5.31. The first-order valence-corrected chi connectivity index (χ1v) is 7.54. The first-order chi connectivity index (χ1) is 9.06. The molecule has 0 unspecified atom stereocenters. The normalized spacial score (nSPS) is 11.5. The number of hydrogen-bond donors (Lipinski definition) is 1. The van der Waals surface area contributed by atoms with E-state index in [2.05, 4.69) is 67.5 Å². The SMILES string of the molecule is CC(C)NCc1nnc(-c2ccc(C(C)C)cc2)s1. The summed E-state index contributed by atoms with van der Waals surface area (Å²) in [6, 6.07) is 9.09. The van der Waals surface area contributed by atoms with Crippen LogP contribution in [-0.2, 0) is 6.54 Å². The first kappa shape index (κ1) is 14.2.